The van der Waals surface area contributed by atoms with Crippen molar-refractivity contribution in [1.29, 1.82) is 0 Å². The number of halogens is 1. The van der Waals surface area contributed by atoms with Crippen molar-refractivity contribution in [3.63, 3.8) is 0 Å². The number of hydrogen-bond donors (Lipinski definition) is 1. The lowest BCUT2D eigenvalue weighted by Crippen LogP contribution is -2.49. The molecule has 0 saturated carbocycles. The molecule has 0 aromatic carbocycles. The predicted octanol–water partition coefficient (Wildman–Crippen LogP) is 0.843. The van der Waals surface area contributed by atoms with Gasteiger partial charge in [0, 0.05) is 30.9 Å². The third-order valence-electron chi connectivity index (χ3n) is 2.81. The molecule has 2 rings (SSSR count). The Kier molecular flexibility index (Phi) is 4.04. The van der Waals surface area contributed by atoms with Crippen molar-refractivity contribution in [2.24, 2.45) is 0 Å². The number of morpholine rings is 1. The fraction of sp³-hybridized carbons (Fsp3) is 0.500. The van der Waals surface area contributed by atoms with Crippen LogP contribution in [0.5, 0.6) is 0 Å². The van der Waals surface area contributed by atoms with Gasteiger partial charge < -0.3 is 14.6 Å². The number of alkyl halides is 1. The van der Waals surface area contributed by atoms with Gasteiger partial charge in [0.25, 0.3) is 5.91 Å². The number of ether oxygens (including phenoxy) is 1. The van der Waals surface area contributed by atoms with Crippen molar-refractivity contribution in [3.8, 4) is 0 Å². The molecule has 0 bridgehead atoms. The average Bonchev–Trinajstić information content (AvgIpc) is 2.37. The van der Waals surface area contributed by atoms with Crippen molar-refractivity contribution in [1.82, 2.24) is 9.88 Å². The zero-order valence-electron chi connectivity index (χ0n) is 10.1. The second-order valence-electron chi connectivity index (χ2n) is 4.37. The van der Waals surface area contributed by atoms with Crippen LogP contribution >= 0.6 is 11.6 Å². The average molecular weight is 271 g/mol. The third kappa shape index (κ3) is 2.91. The van der Waals surface area contributed by atoms with Gasteiger partial charge >= 0.3 is 0 Å². The van der Waals surface area contributed by atoms with Gasteiger partial charge in [-0.1, -0.05) is 0 Å². The van der Waals surface area contributed by atoms with Crippen molar-refractivity contribution < 1.29 is 9.53 Å². The van der Waals surface area contributed by atoms with Gasteiger partial charge in [0.15, 0.2) is 0 Å². The van der Waals surface area contributed by atoms with Gasteiger partial charge in [0.1, 0.15) is 0 Å². The van der Waals surface area contributed by atoms with Gasteiger partial charge in [-0.15, -0.1) is 11.6 Å². The molecule has 5 nitrogen and oxygen atoms in total. The maximum absolute atomic E-state index is 12.2. The molecule has 2 heterocycles. The van der Waals surface area contributed by atoms with E-state index in [1.807, 2.05) is 6.92 Å². The largest absolute Gasteiger partial charge is 0.370 e. The Bertz CT molecular complexity index is 488. The van der Waals surface area contributed by atoms with Crippen LogP contribution in [0.3, 0.4) is 0 Å². The van der Waals surface area contributed by atoms with Gasteiger partial charge in [-0.3, -0.25) is 9.59 Å². The molecular weight excluding hydrogens is 256 g/mol. The van der Waals surface area contributed by atoms with Crippen molar-refractivity contribution in [2.45, 2.75) is 19.1 Å². The van der Waals surface area contributed by atoms with Crippen molar-refractivity contribution >= 4 is 17.5 Å². The molecule has 0 spiro atoms. The Hall–Kier alpha value is -1.33. The molecule has 18 heavy (non-hydrogen) atoms. The van der Waals surface area contributed by atoms with Crippen LogP contribution in [0.25, 0.3) is 0 Å². The topological polar surface area (TPSA) is 62.4 Å². The number of carbonyl (C=O) groups is 1. The highest BCUT2D eigenvalue weighted by molar-refractivity contribution is 6.18. The summed E-state index contributed by atoms with van der Waals surface area (Å²) in [6.07, 6.45) is 1.27. The minimum atomic E-state index is -0.281. The van der Waals surface area contributed by atoms with E-state index in [-0.39, 0.29) is 23.7 Å². The summed E-state index contributed by atoms with van der Waals surface area (Å²) in [6, 6.07) is 2.90. The molecule has 1 aliphatic rings. The molecule has 0 aliphatic carbocycles. The molecule has 1 amide bonds. The van der Waals surface area contributed by atoms with E-state index in [0.717, 1.165) is 0 Å². The first-order chi connectivity index (χ1) is 8.60. The van der Waals surface area contributed by atoms with Gasteiger partial charge in [-0.25, -0.2) is 0 Å². The molecule has 1 N–H and O–H groups in total. The first-order valence-corrected chi connectivity index (χ1v) is 6.33. The SMILES string of the molecule is CC1CN(C(=O)c2cc[nH]c(=O)c2)CC(CCl)O1. The van der Waals surface area contributed by atoms with Crippen LogP contribution in [-0.4, -0.2) is 47.0 Å². The molecule has 1 aliphatic heterocycles. The lowest BCUT2D eigenvalue weighted by atomic mass is 10.2. The summed E-state index contributed by atoms with van der Waals surface area (Å²) in [5, 5.41) is 0. The summed E-state index contributed by atoms with van der Waals surface area (Å²) in [6.45, 7) is 2.87. The van der Waals surface area contributed by atoms with E-state index in [9.17, 15) is 9.59 Å². The molecule has 1 saturated heterocycles. The number of nitrogens with one attached hydrogen (secondary N) is 1. The van der Waals surface area contributed by atoms with Gasteiger partial charge in [-0.05, 0) is 13.0 Å². The third-order valence-corrected chi connectivity index (χ3v) is 3.15. The van der Waals surface area contributed by atoms with Crippen molar-refractivity contribution in [2.75, 3.05) is 19.0 Å². The second kappa shape index (κ2) is 5.54. The Morgan fingerprint density at radius 3 is 3.06 bits per heavy atom. The zero-order valence-corrected chi connectivity index (χ0v) is 10.8. The normalized spacial score (nSPS) is 24.0. The summed E-state index contributed by atoms with van der Waals surface area (Å²) < 4.78 is 5.58. The highest BCUT2D eigenvalue weighted by Gasteiger charge is 2.28. The molecule has 1 fully saturated rings. The molecule has 1 aromatic heterocycles. The first kappa shape index (κ1) is 13.1. The number of aromatic nitrogens is 1. The number of H-pyrrole nitrogens is 1. The molecular formula is C12H15ClN2O3. The van der Waals surface area contributed by atoms with E-state index in [0.29, 0.717) is 24.5 Å². The molecule has 0 radical (unpaired) electrons. The van der Waals surface area contributed by atoms with Crippen LogP contribution in [0.2, 0.25) is 0 Å². The number of nitrogens with zero attached hydrogens (tertiary/aromatic N) is 1. The monoisotopic (exact) mass is 270 g/mol. The molecule has 2 atom stereocenters. The van der Waals surface area contributed by atoms with E-state index >= 15 is 0 Å². The van der Waals surface area contributed by atoms with E-state index < -0.39 is 0 Å². The maximum Gasteiger partial charge on any atom is 0.254 e. The van der Waals surface area contributed by atoms with Crippen LogP contribution in [0, 0.1) is 0 Å². The zero-order chi connectivity index (χ0) is 13.1. The van der Waals surface area contributed by atoms with E-state index in [1.54, 1.807) is 11.0 Å². The van der Waals surface area contributed by atoms with E-state index in [2.05, 4.69) is 4.98 Å². The lowest BCUT2D eigenvalue weighted by Gasteiger charge is -2.36. The number of carbonyl (C=O) groups excluding carboxylic acids is 1. The first-order valence-electron chi connectivity index (χ1n) is 5.79. The number of hydrogen-bond acceptors (Lipinski definition) is 3. The summed E-state index contributed by atoms with van der Waals surface area (Å²) in [5.74, 6) is 0.190. The summed E-state index contributed by atoms with van der Waals surface area (Å²) in [5.41, 5.74) is 0.109. The number of rotatable bonds is 2. The lowest BCUT2D eigenvalue weighted by molar-refractivity contribution is -0.0570. The standard InChI is InChI=1S/C12H15ClN2O3/c1-8-6-15(7-10(5-13)18-8)12(17)9-2-3-14-11(16)4-9/h2-4,8,10H,5-7H2,1H3,(H,14,16). The number of aromatic amines is 1. The smallest absolute Gasteiger partial charge is 0.254 e. The quantitative estimate of drug-likeness (QED) is 0.810. The van der Waals surface area contributed by atoms with Gasteiger partial charge in [0.2, 0.25) is 5.56 Å². The van der Waals surface area contributed by atoms with E-state index in [1.165, 1.54) is 12.3 Å². The van der Waals surface area contributed by atoms with Gasteiger partial charge in [-0.2, -0.15) is 0 Å². The van der Waals surface area contributed by atoms with Gasteiger partial charge in [0.05, 0.1) is 18.1 Å². The van der Waals surface area contributed by atoms with Crippen LogP contribution < -0.4 is 5.56 Å². The summed E-state index contributed by atoms with van der Waals surface area (Å²) >= 11 is 5.77. The Morgan fingerprint density at radius 1 is 1.61 bits per heavy atom. The minimum absolute atomic E-state index is 0.0477. The highest BCUT2D eigenvalue weighted by Crippen LogP contribution is 2.14. The summed E-state index contributed by atoms with van der Waals surface area (Å²) in [7, 11) is 0. The predicted molar refractivity (Wildman–Crippen MR) is 68.0 cm³/mol. The van der Waals surface area contributed by atoms with Crippen LogP contribution in [0.1, 0.15) is 17.3 Å². The molecule has 1 aromatic rings. The Balaban J connectivity index is 2.15. The fourth-order valence-electron chi connectivity index (χ4n) is 2.06. The Labute approximate surface area is 110 Å². The molecule has 98 valence electrons. The second-order valence-corrected chi connectivity index (χ2v) is 4.68. The van der Waals surface area contributed by atoms with Crippen LogP contribution in [0.15, 0.2) is 23.1 Å². The van der Waals surface area contributed by atoms with Crippen LogP contribution in [-0.2, 0) is 4.74 Å². The molecule has 6 heteroatoms. The highest BCUT2D eigenvalue weighted by atomic mass is 35.5. The maximum atomic E-state index is 12.2. The fourth-order valence-corrected chi connectivity index (χ4v) is 2.23. The Morgan fingerprint density at radius 2 is 2.39 bits per heavy atom. The molecule has 2 unspecified atom stereocenters. The summed E-state index contributed by atoms with van der Waals surface area (Å²) in [4.78, 5) is 27.6. The van der Waals surface area contributed by atoms with Crippen LogP contribution in [0.4, 0.5) is 0 Å². The van der Waals surface area contributed by atoms with E-state index in [4.69, 9.17) is 16.3 Å². The van der Waals surface area contributed by atoms with Crippen molar-refractivity contribution in [3.05, 3.63) is 34.2 Å². The minimum Gasteiger partial charge on any atom is -0.370 e. The number of amides is 1. The number of pyridine rings is 1.